The Bertz CT molecular complexity index is 792. The Morgan fingerprint density at radius 1 is 1.20 bits per heavy atom. The first-order chi connectivity index (χ1) is 11.9. The molecule has 0 spiro atoms. The normalized spacial score (nSPS) is 18.4. The smallest absolute Gasteiger partial charge is 0.360 e. The zero-order valence-electron chi connectivity index (χ0n) is 13.9. The van der Waals surface area contributed by atoms with Crippen molar-refractivity contribution in [3.63, 3.8) is 0 Å². The number of benzene rings is 1. The molecule has 0 aromatic heterocycles. The van der Waals surface area contributed by atoms with Crippen LogP contribution in [0, 0.1) is 11.3 Å². The van der Waals surface area contributed by atoms with Gasteiger partial charge in [-0.25, -0.2) is 0 Å². The summed E-state index contributed by atoms with van der Waals surface area (Å²) in [5, 5.41) is 10.9. The van der Waals surface area contributed by atoms with Crippen LogP contribution in [0.1, 0.15) is 25.3 Å². The van der Waals surface area contributed by atoms with Gasteiger partial charge in [-0.3, -0.25) is 4.57 Å². The fourth-order valence-electron chi connectivity index (χ4n) is 2.56. The van der Waals surface area contributed by atoms with Crippen molar-refractivity contribution in [1.29, 1.82) is 5.26 Å². The van der Waals surface area contributed by atoms with Gasteiger partial charge in [0.05, 0.1) is 46.1 Å². The highest BCUT2D eigenvalue weighted by Gasteiger charge is 2.43. The topological polar surface area (TPSA) is 111 Å². The van der Waals surface area contributed by atoms with E-state index in [4.69, 9.17) is 32.1 Å². The molecular formula is C16H19ClN3O3PS. The van der Waals surface area contributed by atoms with Gasteiger partial charge in [-0.15, -0.1) is 0 Å². The third-order valence-corrected chi connectivity index (χ3v) is 7.09. The van der Waals surface area contributed by atoms with Crippen molar-refractivity contribution in [2.24, 2.45) is 11.5 Å². The van der Waals surface area contributed by atoms with Crippen LogP contribution in [0.3, 0.4) is 0 Å². The maximum Gasteiger partial charge on any atom is 0.360 e. The van der Waals surface area contributed by atoms with Crippen LogP contribution in [0.4, 0.5) is 0 Å². The molecule has 1 aliphatic rings. The molecule has 1 atom stereocenters. The van der Waals surface area contributed by atoms with Gasteiger partial charge in [-0.2, -0.15) is 5.26 Å². The Kier molecular flexibility index (Phi) is 6.61. The van der Waals surface area contributed by atoms with Crippen LogP contribution in [0.2, 0.25) is 5.02 Å². The second-order valence-electron chi connectivity index (χ2n) is 5.06. The SMILES string of the molecule is CCOP(=O)(OCC)C1=C(N)SC(N)=C(C#N)C1c1ccc(Cl)cc1. The number of rotatable bonds is 6. The first-order valence-electron chi connectivity index (χ1n) is 7.60. The molecule has 25 heavy (non-hydrogen) atoms. The van der Waals surface area contributed by atoms with Crippen LogP contribution in [0.5, 0.6) is 0 Å². The van der Waals surface area contributed by atoms with Gasteiger partial charge in [0, 0.05) is 5.02 Å². The highest BCUT2D eigenvalue weighted by Crippen LogP contribution is 2.65. The summed E-state index contributed by atoms with van der Waals surface area (Å²) in [6.45, 7) is 3.77. The van der Waals surface area contributed by atoms with E-state index in [1.165, 1.54) is 0 Å². The van der Waals surface area contributed by atoms with Crippen LogP contribution in [-0.4, -0.2) is 13.2 Å². The third-order valence-electron chi connectivity index (χ3n) is 3.52. The fraction of sp³-hybridized carbons (Fsp3) is 0.312. The number of nitrogens with two attached hydrogens (primary N) is 2. The largest absolute Gasteiger partial charge is 0.393 e. The molecule has 2 rings (SSSR count). The van der Waals surface area contributed by atoms with Gasteiger partial charge < -0.3 is 20.5 Å². The zero-order valence-corrected chi connectivity index (χ0v) is 16.3. The average Bonchev–Trinajstić information content (AvgIpc) is 2.55. The average molecular weight is 400 g/mol. The molecule has 134 valence electrons. The van der Waals surface area contributed by atoms with E-state index >= 15 is 0 Å². The lowest BCUT2D eigenvalue weighted by Gasteiger charge is -2.31. The lowest BCUT2D eigenvalue weighted by atomic mass is 9.91. The summed E-state index contributed by atoms with van der Waals surface area (Å²) in [6, 6.07) is 8.95. The predicted molar refractivity (Wildman–Crippen MR) is 101 cm³/mol. The minimum Gasteiger partial charge on any atom is -0.393 e. The van der Waals surface area contributed by atoms with E-state index in [1.54, 1.807) is 38.1 Å². The number of allylic oxidation sites excluding steroid dienone is 2. The molecular weight excluding hydrogens is 381 g/mol. The van der Waals surface area contributed by atoms with E-state index in [9.17, 15) is 9.83 Å². The van der Waals surface area contributed by atoms with Gasteiger partial charge in [0.25, 0.3) is 0 Å². The van der Waals surface area contributed by atoms with Crippen LogP contribution in [0.25, 0.3) is 0 Å². The van der Waals surface area contributed by atoms with Gasteiger partial charge in [-0.05, 0) is 31.5 Å². The summed E-state index contributed by atoms with van der Waals surface area (Å²) in [5.41, 5.74) is 13.1. The van der Waals surface area contributed by atoms with Crippen molar-refractivity contribution in [3.8, 4) is 6.07 Å². The number of nitriles is 1. The highest BCUT2D eigenvalue weighted by molar-refractivity contribution is 8.06. The first kappa shape index (κ1) is 19.9. The van der Waals surface area contributed by atoms with Crippen molar-refractivity contribution in [2.45, 2.75) is 19.8 Å². The zero-order chi connectivity index (χ0) is 18.6. The van der Waals surface area contributed by atoms with E-state index in [0.29, 0.717) is 10.6 Å². The molecule has 1 heterocycles. The highest BCUT2D eigenvalue weighted by atomic mass is 35.5. The molecule has 1 unspecified atom stereocenters. The number of halogens is 1. The maximum atomic E-state index is 13.4. The summed E-state index contributed by atoms with van der Waals surface area (Å²) in [6.07, 6.45) is 0. The van der Waals surface area contributed by atoms with Crippen molar-refractivity contribution >= 4 is 31.0 Å². The summed E-state index contributed by atoms with van der Waals surface area (Å²) in [5.74, 6) is -0.715. The van der Waals surface area contributed by atoms with Gasteiger partial charge >= 0.3 is 7.60 Å². The van der Waals surface area contributed by atoms with Crippen LogP contribution in [-0.2, 0) is 13.6 Å². The molecule has 0 bridgehead atoms. The number of thioether (sulfide) groups is 1. The molecule has 0 saturated carbocycles. The Balaban J connectivity index is 2.69. The summed E-state index contributed by atoms with van der Waals surface area (Å²) in [7, 11) is -3.70. The molecule has 4 N–H and O–H groups in total. The molecule has 0 amide bonds. The van der Waals surface area contributed by atoms with Gasteiger partial charge in [-0.1, -0.05) is 35.5 Å². The van der Waals surface area contributed by atoms with Crippen molar-refractivity contribution in [2.75, 3.05) is 13.2 Å². The first-order valence-corrected chi connectivity index (χ1v) is 10.3. The Morgan fingerprint density at radius 2 is 1.76 bits per heavy atom. The van der Waals surface area contributed by atoms with Crippen LogP contribution in [0.15, 0.2) is 45.2 Å². The van der Waals surface area contributed by atoms with Crippen LogP contribution < -0.4 is 11.5 Å². The molecule has 1 aromatic rings. The Morgan fingerprint density at radius 3 is 2.24 bits per heavy atom. The third kappa shape index (κ3) is 4.05. The van der Waals surface area contributed by atoms with E-state index < -0.39 is 13.5 Å². The van der Waals surface area contributed by atoms with Gasteiger partial charge in [0.2, 0.25) is 0 Å². The van der Waals surface area contributed by atoms with Gasteiger partial charge in [0.1, 0.15) is 0 Å². The van der Waals surface area contributed by atoms with Crippen LogP contribution >= 0.6 is 31.0 Å². The Hall–Kier alpha value is -1.42. The molecule has 6 nitrogen and oxygen atoms in total. The molecule has 1 aromatic carbocycles. The molecule has 9 heteroatoms. The Labute approximate surface area is 156 Å². The fourth-order valence-corrected chi connectivity index (χ4v) is 5.78. The maximum absolute atomic E-state index is 13.4. The number of hydrogen-bond donors (Lipinski definition) is 2. The summed E-state index contributed by atoms with van der Waals surface area (Å²) < 4.78 is 24.3. The number of hydrogen-bond acceptors (Lipinski definition) is 7. The minimum absolute atomic E-state index is 0.174. The predicted octanol–water partition coefficient (Wildman–Crippen LogP) is 4.26. The monoisotopic (exact) mass is 399 g/mol. The van der Waals surface area contributed by atoms with E-state index in [0.717, 1.165) is 11.8 Å². The van der Waals surface area contributed by atoms with E-state index in [-0.39, 0.29) is 34.2 Å². The molecule has 0 fully saturated rings. The van der Waals surface area contributed by atoms with Gasteiger partial charge in [0.15, 0.2) is 0 Å². The lowest BCUT2D eigenvalue weighted by molar-refractivity contribution is 0.225. The lowest BCUT2D eigenvalue weighted by Crippen LogP contribution is -2.20. The summed E-state index contributed by atoms with van der Waals surface area (Å²) >= 11 is 6.95. The van der Waals surface area contributed by atoms with E-state index in [1.807, 2.05) is 0 Å². The second-order valence-corrected chi connectivity index (χ2v) is 8.57. The number of nitrogens with zero attached hydrogens (tertiary/aromatic N) is 1. The molecule has 0 aliphatic carbocycles. The quantitative estimate of drug-likeness (QED) is 0.687. The van der Waals surface area contributed by atoms with Crippen molar-refractivity contribution < 1.29 is 13.6 Å². The summed E-state index contributed by atoms with van der Waals surface area (Å²) in [4.78, 5) is 0. The van der Waals surface area contributed by atoms with E-state index in [2.05, 4.69) is 6.07 Å². The minimum atomic E-state index is -3.70. The standard InChI is InChI=1S/C16H19ClN3O3PS/c1-3-22-24(21,23-4-2)14-13(10-5-7-11(17)8-6-10)12(9-18)15(19)25-16(14)20/h5-8,13H,3-4,19-20H2,1-2H3. The van der Waals surface area contributed by atoms with Crippen molar-refractivity contribution in [3.05, 3.63) is 55.8 Å². The van der Waals surface area contributed by atoms with Crippen molar-refractivity contribution in [1.82, 2.24) is 0 Å². The molecule has 0 saturated heterocycles. The molecule has 0 radical (unpaired) electrons. The molecule has 1 aliphatic heterocycles. The second kappa shape index (κ2) is 8.31.